The molecule has 0 spiro atoms. The lowest BCUT2D eigenvalue weighted by Crippen LogP contribution is -2.45. The monoisotopic (exact) mass is 467 g/mol. The number of halogens is 1. The molecule has 0 atom stereocenters. The number of nitrogens with zero attached hydrogens (tertiary/aromatic N) is 1. The van der Waals surface area contributed by atoms with Gasteiger partial charge >= 0.3 is 5.97 Å². The van der Waals surface area contributed by atoms with E-state index in [2.05, 4.69) is 15.6 Å². The fourth-order valence-corrected chi connectivity index (χ4v) is 3.40. The van der Waals surface area contributed by atoms with Gasteiger partial charge in [0.15, 0.2) is 5.96 Å². The van der Waals surface area contributed by atoms with Crippen LogP contribution >= 0.6 is 24.0 Å². The van der Waals surface area contributed by atoms with Gasteiger partial charge in [-0.15, -0.1) is 24.0 Å². The summed E-state index contributed by atoms with van der Waals surface area (Å²) in [6.45, 7) is 3.47. The first-order chi connectivity index (χ1) is 11.7. The molecule has 2 saturated carbocycles. The predicted octanol–water partition coefficient (Wildman–Crippen LogP) is 2.73. The third-order valence-electron chi connectivity index (χ3n) is 4.79. The third kappa shape index (κ3) is 9.08. The summed E-state index contributed by atoms with van der Waals surface area (Å²) < 4.78 is 5.46. The van der Waals surface area contributed by atoms with Crippen LogP contribution in [0.15, 0.2) is 4.99 Å². The number of nitrogens with one attached hydrogen (secondary N) is 2. The Labute approximate surface area is 168 Å². The molecule has 3 N–H and O–H groups in total. The quantitative estimate of drug-likeness (QED) is 0.176. The number of carbonyl (C=O) groups excluding carboxylic acids is 1. The predicted molar refractivity (Wildman–Crippen MR) is 110 cm³/mol. The van der Waals surface area contributed by atoms with Gasteiger partial charge in [0.2, 0.25) is 0 Å². The molecule has 2 aliphatic carbocycles. The molecule has 0 aromatic heterocycles. The van der Waals surface area contributed by atoms with Crippen molar-refractivity contribution in [2.24, 2.45) is 4.99 Å². The van der Waals surface area contributed by atoms with Crippen LogP contribution in [0.25, 0.3) is 0 Å². The summed E-state index contributed by atoms with van der Waals surface area (Å²) in [6, 6.07) is 0.374. The number of hydrogen-bond donors (Lipinski definition) is 3. The topological polar surface area (TPSA) is 83.0 Å². The summed E-state index contributed by atoms with van der Waals surface area (Å²) >= 11 is 0. The summed E-state index contributed by atoms with van der Waals surface area (Å²) in [5.74, 6) is 0.722. The number of esters is 1. The van der Waals surface area contributed by atoms with Gasteiger partial charge in [0, 0.05) is 25.6 Å². The van der Waals surface area contributed by atoms with Crippen molar-refractivity contribution in [1.82, 2.24) is 10.6 Å². The highest BCUT2D eigenvalue weighted by atomic mass is 127. The summed E-state index contributed by atoms with van der Waals surface area (Å²) in [5, 5.41) is 16.3. The van der Waals surface area contributed by atoms with Gasteiger partial charge in [-0.1, -0.05) is 0 Å². The molecule has 0 amide bonds. The van der Waals surface area contributed by atoms with E-state index in [0.717, 1.165) is 51.0 Å². The van der Waals surface area contributed by atoms with Gasteiger partial charge in [0.05, 0.1) is 6.10 Å². The maximum Gasteiger partial charge on any atom is 0.306 e. The van der Waals surface area contributed by atoms with Gasteiger partial charge in [-0.25, -0.2) is 0 Å². The van der Waals surface area contributed by atoms with E-state index in [1.807, 2.05) is 6.92 Å². The number of ether oxygens (including phenoxy) is 1. The second-order valence-electron chi connectivity index (χ2n) is 6.91. The lowest BCUT2D eigenvalue weighted by atomic mass is 9.93. The fourth-order valence-electron chi connectivity index (χ4n) is 3.40. The highest BCUT2D eigenvalue weighted by molar-refractivity contribution is 14.0. The van der Waals surface area contributed by atoms with E-state index in [-0.39, 0.29) is 42.2 Å². The molecule has 7 heteroatoms. The molecule has 0 heterocycles. The molecule has 2 rings (SSSR count). The Balaban J connectivity index is 0.00000312. The second kappa shape index (κ2) is 12.7. The molecule has 0 aliphatic heterocycles. The van der Waals surface area contributed by atoms with Crippen molar-refractivity contribution in [2.45, 2.75) is 89.4 Å². The van der Waals surface area contributed by atoms with Crippen molar-refractivity contribution >= 4 is 35.9 Å². The highest BCUT2D eigenvalue weighted by Gasteiger charge is 2.20. The minimum atomic E-state index is -0.145. The van der Waals surface area contributed by atoms with Crippen molar-refractivity contribution in [3.05, 3.63) is 0 Å². The van der Waals surface area contributed by atoms with E-state index in [1.54, 1.807) is 0 Å². The van der Waals surface area contributed by atoms with E-state index in [1.165, 1.54) is 12.8 Å². The second-order valence-corrected chi connectivity index (χ2v) is 6.91. The number of aliphatic imine (C=N–C) groups is 1. The lowest BCUT2D eigenvalue weighted by molar-refractivity contribution is -0.148. The minimum Gasteiger partial charge on any atom is -0.462 e. The summed E-state index contributed by atoms with van der Waals surface area (Å²) in [4.78, 5) is 16.3. The zero-order valence-corrected chi connectivity index (χ0v) is 17.7. The first kappa shape index (κ1) is 22.5. The van der Waals surface area contributed by atoms with Crippen LogP contribution in [0.2, 0.25) is 0 Å². The molecule has 0 saturated heterocycles. The molecule has 2 aliphatic rings. The maximum absolute atomic E-state index is 11.8. The van der Waals surface area contributed by atoms with Crippen molar-refractivity contribution < 1.29 is 14.6 Å². The molecule has 0 unspecified atom stereocenters. The summed E-state index contributed by atoms with van der Waals surface area (Å²) in [7, 11) is 0. The smallest absolute Gasteiger partial charge is 0.306 e. The zero-order valence-electron chi connectivity index (χ0n) is 15.3. The largest absolute Gasteiger partial charge is 0.462 e. The van der Waals surface area contributed by atoms with Crippen LogP contribution in [0.4, 0.5) is 0 Å². The molecular formula is C18H34IN3O3. The Hall–Kier alpha value is -0.570. The van der Waals surface area contributed by atoms with Crippen LogP contribution in [0.1, 0.15) is 71.1 Å². The van der Waals surface area contributed by atoms with Gasteiger partial charge in [0.1, 0.15) is 6.10 Å². The Kier molecular flexibility index (Phi) is 11.4. The van der Waals surface area contributed by atoms with Crippen molar-refractivity contribution in [3.63, 3.8) is 0 Å². The number of rotatable bonds is 7. The van der Waals surface area contributed by atoms with Gasteiger partial charge in [-0.2, -0.15) is 0 Å². The highest BCUT2D eigenvalue weighted by Crippen LogP contribution is 2.21. The summed E-state index contributed by atoms with van der Waals surface area (Å²) in [6.07, 6.45) is 9.21. The molecule has 146 valence electrons. The molecule has 0 radical (unpaired) electrons. The fraction of sp³-hybridized carbons (Fsp3) is 0.889. The van der Waals surface area contributed by atoms with Crippen LogP contribution < -0.4 is 10.6 Å². The maximum atomic E-state index is 11.8. The van der Waals surface area contributed by atoms with Crippen LogP contribution in [-0.4, -0.2) is 48.4 Å². The van der Waals surface area contributed by atoms with E-state index in [0.29, 0.717) is 25.4 Å². The molecule has 0 bridgehead atoms. The minimum absolute atomic E-state index is 0. The SMILES string of the molecule is CCNC(=NCCCC(=O)OC1CCCC1)NC1CCC(O)CC1.I. The van der Waals surface area contributed by atoms with Gasteiger partial charge in [-0.3, -0.25) is 9.79 Å². The average molecular weight is 467 g/mol. The van der Waals surface area contributed by atoms with Crippen LogP contribution in [0, 0.1) is 0 Å². The van der Waals surface area contributed by atoms with Gasteiger partial charge in [-0.05, 0) is 64.7 Å². The van der Waals surface area contributed by atoms with Gasteiger partial charge < -0.3 is 20.5 Å². The standard InChI is InChI=1S/C18H33N3O3.HI/c1-2-19-18(21-14-9-11-15(22)12-10-14)20-13-5-8-17(23)24-16-6-3-4-7-16;/h14-16,22H,2-13H2,1H3,(H2,19,20,21);1H. The first-order valence-electron chi connectivity index (χ1n) is 9.59. The van der Waals surface area contributed by atoms with Crippen LogP contribution in [-0.2, 0) is 9.53 Å². The molecule has 0 aromatic carbocycles. The third-order valence-corrected chi connectivity index (χ3v) is 4.79. The average Bonchev–Trinajstić information content (AvgIpc) is 3.06. The van der Waals surface area contributed by atoms with E-state index in [9.17, 15) is 9.90 Å². The van der Waals surface area contributed by atoms with Gasteiger partial charge in [0.25, 0.3) is 0 Å². The Morgan fingerprint density at radius 2 is 1.84 bits per heavy atom. The summed E-state index contributed by atoms with van der Waals surface area (Å²) in [5.41, 5.74) is 0. The number of aliphatic hydroxyl groups is 1. The Morgan fingerprint density at radius 1 is 1.16 bits per heavy atom. The Morgan fingerprint density at radius 3 is 2.48 bits per heavy atom. The number of aliphatic hydroxyl groups excluding tert-OH is 1. The van der Waals surface area contributed by atoms with Crippen molar-refractivity contribution in [2.75, 3.05) is 13.1 Å². The van der Waals surface area contributed by atoms with E-state index in [4.69, 9.17) is 4.74 Å². The van der Waals surface area contributed by atoms with Crippen molar-refractivity contribution in [3.8, 4) is 0 Å². The Bertz CT molecular complexity index is 406. The van der Waals surface area contributed by atoms with Crippen LogP contribution in [0.5, 0.6) is 0 Å². The van der Waals surface area contributed by atoms with Crippen molar-refractivity contribution in [1.29, 1.82) is 0 Å². The molecule has 2 fully saturated rings. The van der Waals surface area contributed by atoms with E-state index >= 15 is 0 Å². The molecule has 25 heavy (non-hydrogen) atoms. The lowest BCUT2D eigenvalue weighted by Gasteiger charge is -2.27. The molecule has 0 aromatic rings. The van der Waals surface area contributed by atoms with E-state index < -0.39 is 0 Å². The number of guanidine groups is 1. The number of hydrogen-bond acceptors (Lipinski definition) is 4. The molecule has 6 nitrogen and oxygen atoms in total. The number of carbonyl (C=O) groups is 1. The van der Waals surface area contributed by atoms with Crippen LogP contribution in [0.3, 0.4) is 0 Å². The first-order valence-corrected chi connectivity index (χ1v) is 9.59. The normalized spacial score (nSPS) is 24.5. The zero-order chi connectivity index (χ0) is 17.2. The molecular weight excluding hydrogens is 433 g/mol.